The average molecular weight is 306 g/mol. The molecule has 1 saturated carbocycles. The third-order valence-corrected chi connectivity index (χ3v) is 5.52. The molecule has 2 aliphatic carbocycles. The minimum Gasteiger partial charge on any atom is -0.455 e. The van der Waals surface area contributed by atoms with Crippen molar-refractivity contribution in [3.05, 3.63) is 47.0 Å². The Morgan fingerprint density at radius 1 is 1.09 bits per heavy atom. The molecular weight excluding hydrogens is 284 g/mol. The van der Waals surface area contributed by atoms with Crippen LogP contribution in [0.4, 0.5) is 0 Å². The second-order valence-electron chi connectivity index (χ2n) is 7.16. The zero-order valence-electron chi connectivity index (χ0n) is 13.8. The van der Waals surface area contributed by atoms with Crippen molar-refractivity contribution in [3.63, 3.8) is 0 Å². The lowest BCUT2D eigenvalue weighted by Crippen LogP contribution is -2.37. The van der Waals surface area contributed by atoms with Gasteiger partial charge in [0.2, 0.25) is 0 Å². The number of hydrogen-bond donors (Lipinski definition) is 0. The van der Waals surface area contributed by atoms with Crippen LogP contribution in [-0.4, -0.2) is 11.6 Å². The van der Waals surface area contributed by atoms with E-state index in [0.29, 0.717) is 11.5 Å². The highest BCUT2D eigenvalue weighted by atomic mass is 16.6. The van der Waals surface area contributed by atoms with Gasteiger partial charge in [-0.25, -0.2) is 4.79 Å². The number of carbonyl (C=O) groups is 1. The summed E-state index contributed by atoms with van der Waals surface area (Å²) in [6.45, 7) is 4.32. The highest BCUT2D eigenvalue weighted by molar-refractivity contribution is 6.08. The lowest BCUT2D eigenvalue weighted by molar-refractivity contribution is -0.0397. The minimum atomic E-state index is -0.274. The van der Waals surface area contributed by atoms with Crippen LogP contribution < -0.4 is 0 Å². The lowest BCUT2D eigenvalue weighted by atomic mass is 9.88. The minimum absolute atomic E-state index is 0.176. The monoisotopic (exact) mass is 306 g/mol. The smallest absolute Gasteiger partial charge is 0.338 e. The summed E-state index contributed by atoms with van der Waals surface area (Å²) in [6, 6.07) is 10.2. The fourth-order valence-electron chi connectivity index (χ4n) is 4.07. The van der Waals surface area contributed by atoms with Gasteiger partial charge in [-0.1, -0.05) is 44.2 Å². The van der Waals surface area contributed by atoms with Gasteiger partial charge < -0.3 is 4.74 Å². The van der Waals surface area contributed by atoms with Crippen molar-refractivity contribution in [2.75, 3.05) is 0 Å². The molecule has 0 amide bonds. The molecule has 0 aliphatic heterocycles. The van der Waals surface area contributed by atoms with Gasteiger partial charge in [-0.05, 0) is 65.6 Å². The molecule has 23 heavy (non-hydrogen) atoms. The van der Waals surface area contributed by atoms with E-state index in [1.165, 1.54) is 10.9 Å². The van der Waals surface area contributed by atoms with Crippen molar-refractivity contribution in [2.24, 2.45) is 5.92 Å². The van der Waals surface area contributed by atoms with Crippen molar-refractivity contribution in [1.29, 1.82) is 0 Å². The third-order valence-electron chi connectivity index (χ3n) is 5.52. The van der Waals surface area contributed by atoms with E-state index in [-0.39, 0.29) is 11.6 Å². The molecule has 4 rings (SSSR count). The molecule has 2 aliphatic rings. The molecule has 0 bridgehead atoms. The van der Waals surface area contributed by atoms with Gasteiger partial charge in [0.1, 0.15) is 5.60 Å². The lowest BCUT2D eigenvalue weighted by Gasteiger charge is -2.33. The van der Waals surface area contributed by atoms with Crippen LogP contribution in [-0.2, 0) is 4.74 Å². The molecule has 1 fully saturated rings. The molecule has 0 heterocycles. The molecule has 2 heteroatoms. The normalized spacial score (nSPS) is 18.0. The second-order valence-corrected chi connectivity index (χ2v) is 7.16. The quantitative estimate of drug-likeness (QED) is 0.601. The molecule has 0 radical (unpaired) electrons. The SMILES string of the molecule is CC(C)C1(OC(=O)c2cc3c4c(cccc4c2)C=C3)CCCC1. The van der Waals surface area contributed by atoms with Crippen LogP contribution >= 0.6 is 0 Å². The molecule has 0 unspecified atom stereocenters. The van der Waals surface area contributed by atoms with E-state index in [4.69, 9.17) is 4.74 Å². The van der Waals surface area contributed by atoms with Gasteiger partial charge in [-0.15, -0.1) is 0 Å². The van der Waals surface area contributed by atoms with Gasteiger partial charge in [-0.3, -0.25) is 0 Å². The summed E-state index contributed by atoms with van der Waals surface area (Å²) in [5, 5.41) is 2.35. The largest absolute Gasteiger partial charge is 0.455 e. The van der Waals surface area contributed by atoms with Crippen LogP contribution in [0.5, 0.6) is 0 Å². The van der Waals surface area contributed by atoms with Crippen LogP contribution in [0.25, 0.3) is 22.9 Å². The first kappa shape index (κ1) is 14.5. The number of rotatable bonds is 3. The summed E-state index contributed by atoms with van der Waals surface area (Å²) < 4.78 is 6.05. The Morgan fingerprint density at radius 3 is 2.57 bits per heavy atom. The Morgan fingerprint density at radius 2 is 1.83 bits per heavy atom. The predicted molar refractivity (Wildman–Crippen MR) is 94.3 cm³/mol. The molecule has 2 aromatic rings. The highest BCUT2D eigenvalue weighted by Crippen LogP contribution is 2.40. The summed E-state index contributed by atoms with van der Waals surface area (Å²) in [4.78, 5) is 12.8. The van der Waals surface area contributed by atoms with Gasteiger partial charge in [-0.2, -0.15) is 0 Å². The maximum atomic E-state index is 12.8. The number of hydrogen-bond acceptors (Lipinski definition) is 2. The van der Waals surface area contributed by atoms with Crippen LogP contribution in [0.15, 0.2) is 30.3 Å². The van der Waals surface area contributed by atoms with Gasteiger partial charge in [0.25, 0.3) is 0 Å². The zero-order valence-corrected chi connectivity index (χ0v) is 13.8. The molecule has 0 spiro atoms. The van der Waals surface area contributed by atoms with Gasteiger partial charge >= 0.3 is 5.97 Å². The Hall–Kier alpha value is -2.09. The van der Waals surface area contributed by atoms with E-state index in [0.717, 1.165) is 36.6 Å². The molecule has 0 aromatic heterocycles. The summed E-state index contributed by atoms with van der Waals surface area (Å²) in [7, 11) is 0. The number of carbonyl (C=O) groups excluding carboxylic acids is 1. The molecule has 0 atom stereocenters. The maximum Gasteiger partial charge on any atom is 0.338 e. The Bertz CT molecular complexity index is 808. The van der Waals surface area contributed by atoms with Crippen LogP contribution in [0.3, 0.4) is 0 Å². The topological polar surface area (TPSA) is 26.3 Å². The Kier molecular flexibility index (Phi) is 3.29. The van der Waals surface area contributed by atoms with Crippen LogP contribution in [0, 0.1) is 5.92 Å². The standard InChI is InChI=1S/C21H22O2/c1-14(2)21(10-3-4-11-21)23-20(22)18-12-16-7-5-6-15-8-9-17(13-18)19(15)16/h5-9,12-14H,3-4,10-11H2,1-2H3. The van der Waals surface area contributed by atoms with E-state index in [9.17, 15) is 4.79 Å². The summed E-state index contributed by atoms with van der Waals surface area (Å²) >= 11 is 0. The summed E-state index contributed by atoms with van der Waals surface area (Å²) in [5.41, 5.74) is 2.74. The maximum absolute atomic E-state index is 12.8. The Balaban J connectivity index is 1.70. The number of benzene rings is 2. The molecule has 2 aromatic carbocycles. The van der Waals surface area contributed by atoms with Crippen LogP contribution in [0.1, 0.15) is 61.0 Å². The summed E-state index contributed by atoms with van der Waals surface area (Å²) in [5.74, 6) is 0.181. The van der Waals surface area contributed by atoms with Gasteiger partial charge in [0.15, 0.2) is 0 Å². The Labute approximate surface area is 137 Å². The zero-order chi connectivity index (χ0) is 16.0. The first-order valence-corrected chi connectivity index (χ1v) is 8.57. The van der Waals surface area contributed by atoms with Crippen molar-refractivity contribution in [3.8, 4) is 0 Å². The number of ether oxygens (including phenoxy) is 1. The van der Waals surface area contributed by atoms with E-state index in [2.05, 4.69) is 38.1 Å². The molecule has 118 valence electrons. The highest BCUT2D eigenvalue weighted by Gasteiger charge is 2.40. The van der Waals surface area contributed by atoms with E-state index in [1.54, 1.807) is 0 Å². The summed E-state index contributed by atoms with van der Waals surface area (Å²) in [6.07, 6.45) is 8.48. The fraction of sp³-hybridized carbons (Fsp3) is 0.381. The molecule has 2 nitrogen and oxygen atoms in total. The van der Waals surface area contributed by atoms with Crippen molar-refractivity contribution in [1.82, 2.24) is 0 Å². The van der Waals surface area contributed by atoms with Crippen molar-refractivity contribution >= 4 is 28.9 Å². The van der Waals surface area contributed by atoms with Crippen LogP contribution in [0.2, 0.25) is 0 Å². The van der Waals surface area contributed by atoms with Crippen molar-refractivity contribution < 1.29 is 9.53 Å². The number of esters is 1. The molecule has 0 saturated heterocycles. The molecular formula is C21H22O2. The predicted octanol–water partition coefficient (Wildman–Crippen LogP) is 5.45. The van der Waals surface area contributed by atoms with Gasteiger partial charge in [0.05, 0.1) is 5.56 Å². The van der Waals surface area contributed by atoms with Gasteiger partial charge in [0, 0.05) is 0 Å². The van der Waals surface area contributed by atoms with Crippen molar-refractivity contribution in [2.45, 2.75) is 45.1 Å². The first-order chi connectivity index (χ1) is 11.1. The first-order valence-electron chi connectivity index (χ1n) is 8.57. The van der Waals surface area contributed by atoms with E-state index < -0.39 is 0 Å². The van der Waals surface area contributed by atoms with E-state index in [1.807, 2.05) is 18.2 Å². The molecule has 0 N–H and O–H groups in total. The average Bonchev–Trinajstić information content (AvgIpc) is 3.17. The van der Waals surface area contributed by atoms with E-state index >= 15 is 0 Å². The third kappa shape index (κ3) is 2.28. The fourth-order valence-corrected chi connectivity index (χ4v) is 4.07. The second kappa shape index (κ2) is 5.23.